The van der Waals surface area contributed by atoms with E-state index in [4.69, 9.17) is 0 Å². The molecule has 0 saturated carbocycles. The van der Waals surface area contributed by atoms with E-state index in [0.29, 0.717) is 6.54 Å². The fourth-order valence-corrected chi connectivity index (χ4v) is 2.29. The summed E-state index contributed by atoms with van der Waals surface area (Å²) in [6.45, 7) is 3.19. The number of benzene rings is 1. The normalized spacial score (nSPS) is 15.6. The van der Waals surface area contributed by atoms with Gasteiger partial charge < -0.3 is 4.90 Å². The van der Waals surface area contributed by atoms with Crippen molar-refractivity contribution in [2.45, 2.75) is 12.8 Å². The van der Waals surface area contributed by atoms with Crippen molar-refractivity contribution >= 4 is 12.0 Å². The number of carbonyl (C=O) groups is 1. The lowest BCUT2D eigenvalue weighted by Crippen LogP contribution is -2.37. The summed E-state index contributed by atoms with van der Waals surface area (Å²) >= 11 is 0. The Labute approximate surface area is 115 Å². The monoisotopic (exact) mass is 258 g/mol. The van der Waals surface area contributed by atoms with Crippen LogP contribution < -0.4 is 0 Å². The van der Waals surface area contributed by atoms with Gasteiger partial charge in [-0.2, -0.15) is 0 Å². The van der Waals surface area contributed by atoms with E-state index in [9.17, 15) is 4.79 Å². The average molecular weight is 258 g/mol. The molecule has 1 amide bonds. The number of carbonyl (C=O) groups excluding carboxylic acids is 1. The molecule has 0 aromatic heterocycles. The summed E-state index contributed by atoms with van der Waals surface area (Å²) < 4.78 is 0. The lowest BCUT2D eigenvalue weighted by Gasteiger charge is -2.19. The predicted octanol–water partition coefficient (Wildman–Crippen LogP) is 2.25. The summed E-state index contributed by atoms with van der Waals surface area (Å²) in [6, 6.07) is 10.2. The average Bonchev–Trinajstić information content (AvgIpc) is 2.94. The quantitative estimate of drug-likeness (QED) is 0.809. The van der Waals surface area contributed by atoms with Crippen LogP contribution in [-0.4, -0.2) is 48.9 Å². The van der Waals surface area contributed by atoms with Gasteiger partial charge >= 0.3 is 0 Å². The second kappa shape index (κ2) is 7.10. The number of hydrogen-bond acceptors (Lipinski definition) is 2. The summed E-state index contributed by atoms with van der Waals surface area (Å²) in [4.78, 5) is 16.0. The maximum atomic E-state index is 11.9. The van der Waals surface area contributed by atoms with Crippen LogP contribution in [-0.2, 0) is 4.79 Å². The van der Waals surface area contributed by atoms with Gasteiger partial charge in [0, 0.05) is 19.6 Å². The number of nitrogens with zero attached hydrogens (tertiary/aromatic N) is 2. The first-order valence-corrected chi connectivity index (χ1v) is 6.93. The van der Waals surface area contributed by atoms with Gasteiger partial charge in [0.1, 0.15) is 0 Å². The van der Waals surface area contributed by atoms with E-state index in [-0.39, 0.29) is 5.91 Å². The Morgan fingerprint density at radius 3 is 2.63 bits per heavy atom. The molecule has 19 heavy (non-hydrogen) atoms. The van der Waals surface area contributed by atoms with E-state index in [0.717, 1.165) is 32.5 Å². The van der Waals surface area contributed by atoms with Crippen molar-refractivity contribution in [3.8, 4) is 0 Å². The summed E-state index contributed by atoms with van der Waals surface area (Å²) in [5, 5.41) is 0. The lowest BCUT2D eigenvalue weighted by atomic mass is 10.2. The Kier molecular flexibility index (Phi) is 5.16. The number of rotatable bonds is 5. The largest absolute Gasteiger partial charge is 0.342 e. The van der Waals surface area contributed by atoms with E-state index >= 15 is 0 Å². The van der Waals surface area contributed by atoms with Gasteiger partial charge in [0.2, 0.25) is 5.91 Å². The molecule has 3 heteroatoms. The Hall–Kier alpha value is -1.61. The fourth-order valence-electron chi connectivity index (χ4n) is 2.29. The Morgan fingerprint density at radius 1 is 1.26 bits per heavy atom. The molecule has 0 bridgehead atoms. The molecular formula is C16H22N2O. The van der Waals surface area contributed by atoms with Crippen LogP contribution in [0.25, 0.3) is 6.08 Å². The minimum atomic E-state index is 0.258. The molecule has 0 N–H and O–H groups in total. The highest BCUT2D eigenvalue weighted by molar-refractivity contribution is 5.78. The number of likely N-dealkylation sites (tertiary alicyclic amines) is 1. The van der Waals surface area contributed by atoms with Crippen LogP contribution in [0.1, 0.15) is 18.4 Å². The molecule has 0 radical (unpaired) electrons. The minimum absolute atomic E-state index is 0.258. The number of amides is 1. The highest BCUT2D eigenvalue weighted by Crippen LogP contribution is 2.07. The first-order chi connectivity index (χ1) is 9.25. The predicted molar refractivity (Wildman–Crippen MR) is 78.8 cm³/mol. The van der Waals surface area contributed by atoms with Crippen molar-refractivity contribution in [3.05, 3.63) is 42.0 Å². The first kappa shape index (κ1) is 13.8. The van der Waals surface area contributed by atoms with Crippen LogP contribution in [0.5, 0.6) is 0 Å². The SMILES string of the molecule is CN(CC=Cc1ccccc1)CC(=O)N1CCCC1. The van der Waals surface area contributed by atoms with Crippen molar-refractivity contribution in [3.63, 3.8) is 0 Å². The van der Waals surface area contributed by atoms with Crippen LogP contribution in [0.15, 0.2) is 36.4 Å². The lowest BCUT2D eigenvalue weighted by molar-refractivity contribution is -0.130. The maximum absolute atomic E-state index is 11.9. The molecule has 0 spiro atoms. The molecule has 0 atom stereocenters. The summed E-state index contributed by atoms with van der Waals surface area (Å²) in [5.74, 6) is 0.258. The zero-order chi connectivity index (χ0) is 13.5. The molecule has 1 aromatic carbocycles. The summed E-state index contributed by atoms with van der Waals surface area (Å²) in [7, 11) is 1.99. The smallest absolute Gasteiger partial charge is 0.236 e. The molecule has 0 unspecified atom stereocenters. The molecule has 1 heterocycles. The van der Waals surface area contributed by atoms with Crippen LogP contribution in [0.4, 0.5) is 0 Å². The van der Waals surface area contributed by atoms with Gasteiger partial charge in [0.25, 0.3) is 0 Å². The summed E-state index contributed by atoms with van der Waals surface area (Å²) in [5.41, 5.74) is 1.20. The van der Waals surface area contributed by atoms with Gasteiger partial charge in [0.15, 0.2) is 0 Å². The van der Waals surface area contributed by atoms with Gasteiger partial charge in [-0.3, -0.25) is 9.69 Å². The molecule has 1 fully saturated rings. The third-order valence-electron chi connectivity index (χ3n) is 3.39. The van der Waals surface area contributed by atoms with E-state index in [2.05, 4.69) is 29.2 Å². The van der Waals surface area contributed by atoms with E-state index in [1.165, 1.54) is 5.56 Å². The highest BCUT2D eigenvalue weighted by Gasteiger charge is 2.18. The molecular weight excluding hydrogens is 236 g/mol. The van der Waals surface area contributed by atoms with Crippen molar-refractivity contribution in [2.24, 2.45) is 0 Å². The van der Waals surface area contributed by atoms with Crippen molar-refractivity contribution in [1.82, 2.24) is 9.80 Å². The standard InChI is InChI=1S/C16H22N2O/c1-17(14-16(19)18-12-5-6-13-18)11-7-10-15-8-3-2-4-9-15/h2-4,7-10H,5-6,11-14H2,1H3. The van der Waals surface area contributed by atoms with Crippen molar-refractivity contribution in [2.75, 3.05) is 33.2 Å². The third kappa shape index (κ3) is 4.52. The van der Waals surface area contributed by atoms with Gasteiger partial charge in [-0.05, 0) is 25.5 Å². The van der Waals surface area contributed by atoms with Crippen LogP contribution in [0.3, 0.4) is 0 Å². The number of likely N-dealkylation sites (N-methyl/N-ethyl adjacent to an activating group) is 1. The van der Waals surface area contributed by atoms with Gasteiger partial charge in [-0.15, -0.1) is 0 Å². The summed E-state index contributed by atoms with van der Waals surface area (Å²) in [6.07, 6.45) is 6.51. The molecule has 1 aliphatic rings. The van der Waals surface area contributed by atoms with Crippen LogP contribution in [0, 0.1) is 0 Å². The van der Waals surface area contributed by atoms with E-state index < -0.39 is 0 Å². The Balaban J connectivity index is 1.73. The van der Waals surface area contributed by atoms with Crippen molar-refractivity contribution < 1.29 is 4.79 Å². The minimum Gasteiger partial charge on any atom is -0.342 e. The maximum Gasteiger partial charge on any atom is 0.236 e. The molecule has 1 saturated heterocycles. The number of hydrogen-bond donors (Lipinski definition) is 0. The molecule has 1 aromatic rings. The molecule has 1 aliphatic heterocycles. The second-order valence-corrected chi connectivity index (χ2v) is 5.10. The van der Waals surface area contributed by atoms with Gasteiger partial charge in [-0.1, -0.05) is 42.5 Å². The topological polar surface area (TPSA) is 23.6 Å². The van der Waals surface area contributed by atoms with Crippen molar-refractivity contribution in [1.29, 1.82) is 0 Å². The second-order valence-electron chi connectivity index (χ2n) is 5.10. The van der Waals surface area contributed by atoms with E-state index in [1.807, 2.05) is 30.1 Å². The molecule has 102 valence electrons. The Morgan fingerprint density at radius 2 is 1.95 bits per heavy atom. The Bertz CT molecular complexity index is 422. The zero-order valence-electron chi connectivity index (χ0n) is 11.6. The van der Waals surface area contributed by atoms with Crippen LogP contribution in [0.2, 0.25) is 0 Å². The van der Waals surface area contributed by atoms with Gasteiger partial charge in [0.05, 0.1) is 6.54 Å². The highest BCUT2D eigenvalue weighted by atomic mass is 16.2. The third-order valence-corrected chi connectivity index (χ3v) is 3.39. The molecule has 0 aliphatic carbocycles. The van der Waals surface area contributed by atoms with Gasteiger partial charge in [-0.25, -0.2) is 0 Å². The molecule has 3 nitrogen and oxygen atoms in total. The molecule has 2 rings (SSSR count). The van der Waals surface area contributed by atoms with Crippen LogP contribution >= 0.6 is 0 Å². The first-order valence-electron chi connectivity index (χ1n) is 6.93. The fraction of sp³-hybridized carbons (Fsp3) is 0.438. The van der Waals surface area contributed by atoms with E-state index in [1.54, 1.807) is 0 Å². The zero-order valence-corrected chi connectivity index (χ0v) is 11.6.